The zero-order valence-corrected chi connectivity index (χ0v) is 10.2. The molecule has 17 heavy (non-hydrogen) atoms. The van der Waals surface area contributed by atoms with Crippen LogP contribution in [0, 0.1) is 0 Å². The topological polar surface area (TPSA) is 47.9 Å². The average molecular weight is 238 g/mol. The number of methoxy groups -OCH3 is 1. The van der Waals surface area contributed by atoms with Gasteiger partial charge in [-0.3, -0.25) is 0 Å². The van der Waals surface area contributed by atoms with Crippen molar-refractivity contribution >= 4 is 0 Å². The molecule has 1 aromatic rings. The van der Waals surface area contributed by atoms with Gasteiger partial charge in [-0.1, -0.05) is 12.1 Å². The summed E-state index contributed by atoms with van der Waals surface area (Å²) in [5, 5.41) is 9.01. The number of aliphatic hydroxyl groups is 1. The van der Waals surface area contributed by atoms with Crippen molar-refractivity contribution in [2.45, 2.75) is 25.2 Å². The summed E-state index contributed by atoms with van der Waals surface area (Å²) in [6, 6.07) is 7.81. The predicted molar refractivity (Wildman–Crippen MR) is 63.0 cm³/mol. The van der Waals surface area contributed by atoms with E-state index in [9.17, 15) is 0 Å². The van der Waals surface area contributed by atoms with Crippen molar-refractivity contribution in [1.82, 2.24) is 0 Å². The summed E-state index contributed by atoms with van der Waals surface area (Å²) in [6.45, 7) is 2.34. The van der Waals surface area contributed by atoms with Gasteiger partial charge in [0.2, 0.25) is 0 Å². The molecule has 0 radical (unpaired) electrons. The summed E-state index contributed by atoms with van der Waals surface area (Å²) < 4.78 is 16.3. The minimum absolute atomic E-state index is 0.00178. The van der Waals surface area contributed by atoms with Crippen molar-refractivity contribution < 1.29 is 19.3 Å². The molecule has 1 saturated heterocycles. The highest BCUT2D eigenvalue weighted by molar-refractivity contribution is 5.27. The van der Waals surface area contributed by atoms with Crippen LogP contribution in [0.2, 0.25) is 0 Å². The SMILES string of the molecule is COc1ccc(CC2(C)OCC(CO)O2)cc1. The lowest BCUT2D eigenvalue weighted by molar-refractivity contribution is -0.156. The highest BCUT2D eigenvalue weighted by Gasteiger charge is 2.36. The van der Waals surface area contributed by atoms with Gasteiger partial charge in [0.1, 0.15) is 11.9 Å². The Labute approximate surface area is 101 Å². The van der Waals surface area contributed by atoms with Gasteiger partial charge >= 0.3 is 0 Å². The van der Waals surface area contributed by atoms with E-state index in [1.165, 1.54) is 0 Å². The lowest BCUT2D eigenvalue weighted by atomic mass is 10.1. The number of rotatable bonds is 4. The number of benzene rings is 1. The van der Waals surface area contributed by atoms with Gasteiger partial charge in [0, 0.05) is 6.42 Å². The summed E-state index contributed by atoms with van der Waals surface area (Å²) in [5.74, 6) is 0.197. The van der Waals surface area contributed by atoms with Crippen LogP contribution in [0.4, 0.5) is 0 Å². The van der Waals surface area contributed by atoms with Gasteiger partial charge in [-0.25, -0.2) is 0 Å². The van der Waals surface area contributed by atoms with E-state index in [1.807, 2.05) is 31.2 Å². The Bertz CT molecular complexity index is 362. The smallest absolute Gasteiger partial charge is 0.170 e. The third-order valence-electron chi connectivity index (χ3n) is 2.88. The van der Waals surface area contributed by atoms with Gasteiger partial charge in [-0.05, 0) is 24.6 Å². The molecule has 1 N–H and O–H groups in total. The van der Waals surface area contributed by atoms with E-state index in [1.54, 1.807) is 7.11 Å². The van der Waals surface area contributed by atoms with Gasteiger partial charge in [-0.15, -0.1) is 0 Å². The fourth-order valence-corrected chi connectivity index (χ4v) is 1.99. The van der Waals surface area contributed by atoms with Crippen molar-refractivity contribution in [3.05, 3.63) is 29.8 Å². The van der Waals surface area contributed by atoms with E-state index >= 15 is 0 Å². The van der Waals surface area contributed by atoms with Crippen LogP contribution in [0.3, 0.4) is 0 Å². The first-order chi connectivity index (χ1) is 8.15. The largest absolute Gasteiger partial charge is 0.497 e. The number of hydrogen-bond acceptors (Lipinski definition) is 4. The lowest BCUT2D eigenvalue weighted by Crippen LogP contribution is -2.30. The molecule has 0 aliphatic carbocycles. The Morgan fingerprint density at radius 1 is 1.41 bits per heavy atom. The van der Waals surface area contributed by atoms with Crippen molar-refractivity contribution in [3.8, 4) is 5.75 Å². The minimum atomic E-state index is -0.637. The van der Waals surface area contributed by atoms with Gasteiger partial charge in [0.25, 0.3) is 0 Å². The second-order valence-electron chi connectivity index (χ2n) is 4.39. The Morgan fingerprint density at radius 3 is 2.65 bits per heavy atom. The van der Waals surface area contributed by atoms with Gasteiger partial charge < -0.3 is 19.3 Å². The highest BCUT2D eigenvalue weighted by Crippen LogP contribution is 2.27. The monoisotopic (exact) mass is 238 g/mol. The standard InChI is InChI=1S/C13H18O4/c1-13(16-9-12(8-14)17-13)7-10-3-5-11(15-2)6-4-10/h3-6,12,14H,7-9H2,1-2H3. The summed E-state index contributed by atoms with van der Waals surface area (Å²) >= 11 is 0. The minimum Gasteiger partial charge on any atom is -0.497 e. The maximum absolute atomic E-state index is 9.01. The van der Waals surface area contributed by atoms with Crippen LogP contribution < -0.4 is 4.74 Å². The van der Waals surface area contributed by atoms with E-state index in [0.29, 0.717) is 13.0 Å². The third-order valence-corrected chi connectivity index (χ3v) is 2.88. The number of ether oxygens (including phenoxy) is 3. The lowest BCUT2D eigenvalue weighted by Gasteiger charge is -2.23. The second kappa shape index (κ2) is 5.04. The Morgan fingerprint density at radius 2 is 2.12 bits per heavy atom. The quantitative estimate of drug-likeness (QED) is 0.860. The van der Waals surface area contributed by atoms with Crippen molar-refractivity contribution in [3.63, 3.8) is 0 Å². The number of aliphatic hydroxyl groups excluding tert-OH is 1. The molecule has 0 amide bonds. The average Bonchev–Trinajstić information content (AvgIpc) is 2.72. The van der Waals surface area contributed by atoms with E-state index in [2.05, 4.69) is 0 Å². The Kier molecular flexibility index (Phi) is 3.66. The first-order valence-corrected chi connectivity index (χ1v) is 5.71. The number of hydrogen-bond donors (Lipinski definition) is 1. The van der Waals surface area contributed by atoms with Crippen LogP contribution in [-0.2, 0) is 15.9 Å². The molecule has 0 saturated carbocycles. The molecule has 1 aliphatic heterocycles. The maximum atomic E-state index is 9.01. The van der Waals surface area contributed by atoms with Crippen molar-refractivity contribution in [2.75, 3.05) is 20.3 Å². The van der Waals surface area contributed by atoms with Crippen molar-refractivity contribution in [2.24, 2.45) is 0 Å². The molecule has 0 bridgehead atoms. The fraction of sp³-hybridized carbons (Fsp3) is 0.538. The van der Waals surface area contributed by atoms with E-state index in [4.69, 9.17) is 19.3 Å². The predicted octanol–water partition coefficient (Wildman–Crippen LogP) is 1.36. The summed E-state index contributed by atoms with van der Waals surface area (Å²) in [7, 11) is 1.64. The van der Waals surface area contributed by atoms with Crippen LogP contribution in [0.1, 0.15) is 12.5 Å². The summed E-state index contributed by atoms with van der Waals surface area (Å²) in [6.07, 6.45) is 0.450. The molecular formula is C13H18O4. The summed E-state index contributed by atoms with van der Waals surface area (Å²) in [5.41, 5.74) is 1.12. The maximum Gasteiger partial charge on any atom is 0.170 e. The second-order valence-corrected chi connectivity index (χ2v) is 4.39. The van der Waals surface area contributed by atoms with Crippen LogP contribution in [0.5, 0.6) is 5.75 Å². The molecular weight excluding hydrogens is 220 g/mol. The molecule has 0 spiro atoms. The first kappa shape index (κ1) is 12.4. The molecule has 1 fully saturated rings. The highest BCUT2D eigenvalue weighted by atomic mass is 16.7. The van der Waals surface area contributed by atoms with Gasteiger partial charge in [-0.2, -0.15) is 0 Å². The summed E-state index contributed by atoms with van der Waals surface area (Å²) in [4.78, 5) is 0. The molecule has 1 aliphatic rings. The van der Waals surface area contributed by atoms with Crippen LogP contribution in [0.25, 0.3) is 0 Å². The van der Waals surface area contributed by atoms with Crippen LogP contribution in [-0.4, -0.2) is 37.3 Å². The molecule has 94 valence electrons. The molecule has 4 nitrogen and oxygen atoms in total. The van der Waals surface area contributed by atoms with Crippen LogP contribution >= 0.6 is 0 Å². The van der Waals surface area contributed by atoms with E-state index in [0.717, 1.165) is 11.3 Å². The molecule has 4 heteroatoms. The third kappa shape index (κ3) is 2.97. The molecule has 2 rings (SSSR count). The fourth-order valence-electron chi connectivity index (χ4n) is 1.99. The van der Waals surface area contributed by atoms with Crippen molar-refractivity contribution in [1.29, 1.82) is 0 Å². The molecule has 0 aromatic heterocycles. The molecule has 1 heterocycles. The molecule has 2 atom stereocenters. The van der Waals surface area contributed by atoms with Crippen LogP contribution in [0.15, 0.2) is 24.3 Å². The molecule has 2 unspecified atom stereocenters. The van der Waals surface area contributed by atoms with Gasteiger partial charge in [0.15, 0.2) is 5.79 Å². The van der Waals surface area contributed by atoms with E-state index in [-0.39, 0.29) is 12.7 Å². The zero-order valence-electron chi connectivity index (χ0n) is 10.2. The Balaban J connectivity index is 2.00. The zero-order chi connectivity index (χ0) is 12.3. The van der Waals surface area contributed by atoms with E-state index < -0.39 is 5.79 Å². The molecule has 1 aromatic carbocycles. The van der Waals surface area contributed by atoms with Gasteiger partial charge in [0.05, 0.1) is 20.3 Å². The first-order valence-electron chi connectivity index (χ1n) is 5.71. The Hall–Kier alpha value is -1.10. The normalized spacial score (nSPS) is 28.3.